The van der Waals surface area contributed by atoms with Gasteiger partial charge in [0.25, 0.3) is 10.2 Å². The molecule has 3 rings (SSSR count). The van der Waals surface area contributed by atoms with Gasteiger partial charge in [-0.25, -0.2) is 5.14 Å². The fourth-order valence-corrected chi connectivity index (χ4v) is 2.63. The molecule has 0 saturated carbocycles. The third kappa shape index (κ3) is 3.70. The zero-order chi connectivity index (χ0) is 18.9. The first kappa shape index (κ1) is 13.9. The van der Waals surface area contributed by atoms with Gasteiger partial charge in [-0.2, -0.15) is 13.1 Å². The van der Waals surface area contributed by atoms with E-state index in [1.165, 1.54) is 12.1 Å². The van der Waals surface area contributed by atoms with Crippen molar-refractivity contribution in [1.82, 2.24) is 9.71 Å². The summed E-state index contributed by atoms with van der Waals surface area (Å²) in [4.78, 5) is 4.34. The Morgan fingerprint density at radius 3 is 2.62 bits per heavy atom. The molecule has 0 aliphatic heterocycles. The Kier molecular flexibility index (Phi) is 3.80. The second kappa shape index (κ2) is 6.56. The standard InChI is InChI=1S/C17H17N3O3S/c1-23-14-6-7-16-15(8-9-19-17(16)10-14)13-4-2-12(3-5-13)11-20-24(18,21)22/h2-10,20H,11H2,1H3,(H2,18,21,22)/i11D2. The van der Waals surface area contributed by atoms with Crippen LogP contribution in [0.15, 0.2) is 54.7 Å². The molecule has 1 aromatic heterocycles. The van der Waals surface area contributed by atoms with E-state index in [1.54, 1.807) is 30.2 Å². The number of fused-ring (bicyclic) bond motifs is 1. The first-order valence-electron chi connectivity index (χ1n) is 8.05. The molecule has 0 bridgehead atoms. The lowest BCUT2D eigenvalue weighted by Crippen LogP contribution is -2.30. The van der Waals surface area contributed by atoms with Gasteiger partial charge in [0.2, 0.25) is 0 Å². The molecule has 2 aromatic carbocycles. The Labute approximate surface area is 143 Å². The predicted molar refractivity (Wildman–Crippen MR) is 93.7 cm³/mol. The maximum Gasteiger partial charge on any atom is 0.274 e. The van der Waals surface area contributed by atoms with Gasteiger partial charge in [0.05, 0.1) is 12.6 Å². The van der Waals surface area contributed by atoms with Crippen molar-refractivity contribution in [3.63, 3.8) is 0 Å². The number of nitrogens with one attached hydrogen (secondary N) is 1. The zero-order valence-electron chi connectivity index (χ0n) is 14.9. The molecule has 0 fully saturated rings. The van der Waals surface area contributed by atoms with Crippen LogP contribution in [0.25, 0.3) is 22.0 Å². The summed E-state index contributed by atoms with van der Waals surface area (Å²) in [6.07, 6.45) is 1.69. The molecule has 0 aliphatic rings. The molecule has 24 heavy (non-hydrogen) atoms. The van der Waals surface area contributed by atoms with Crippen LogP contribution in [0.2, 0.25) is 0 Å². The van der Waals surface area contributed by atoms with Crippen molar-refractivity contribution in [1.29, 1.82) is 0 Å². The van der Waals surface area contributed by atoms with Gasteiger partial charge in [-0.15, -0.1) is 0 Å². The largest absolute Gasteiger partial charge is 0.497 e. The highest BCUT2D eigenvalue weighted by Crippen LogP contribution is 2.29. The van der Waals surface area contributed by atoms with Crippen LogP contribution in [0.4, 0.5) is 0 Å². The fraction of sp³-hybridized carbons (Fsp3) is 0.118. The number of hydrogen-bond acceptors (Lipinski definition) is 4. The van der Waals surface area contributed by atoms with Crippen LogP contribution in [0.1, 0.15) is 8.30 Å². The van der Waals surface area contributed by atoms with Crippen LogP contribution in [-0.2, 0) is 16.7 Å². The van der Waals surface area contributed by atoms with Gasteiger partial charge in [0.1, 0.15) is 5.75 Å². The van der Waals surface area contributed by atoms with Crippen molar-refractivity contribution in [2.24, 2.45) is 5.14 Å². The number of methoxy groups -OCH3 is 1. The van der Waals surface area contributed by atoms with Crippen molar-refractivity contribution < 1.29 is 15.9 Å². The zero-order valence-corrected chi connectivity index (χ0v) is 13.7. The average Bonchev–Trinajstić information content (AvgIpc) is 2.59. The third-order valence-corrected chi connectivity index (χ3v) is 3.87. The number of rotatable bonds is 5. The number of nitrogens with two attached hydrogens (primary N) is 1. The molecule has 0 unspecified atom stereocenters. The maximum atomic E-state index is 11.1. The number of pyridine rings is 1. The first-order chi connectivity index (χ1) is 12.2. The summed E-state index contributed by atoms with van der Waals surface area (Å²) >= 11 is 0. The molecule has 1 heterocycles. The number of aromatic nitrogens is 1. The van der Waals surface area contributed by atoms with Crippen LogP contribution < -0.4 is 14.6 Å². The molecule has 3 aromatic rings. The Hall–Kier alpha value is -2.48. The molecule has 0 radical (unpaired) electrons. The molecule has 0 saturated heterocycles. The van der Waals surface area contributed by atoms with Gasteiger partial charge >= 0.3 is 0 Å². The van der Waals surface area contributed by atoms with Gasteiger partial charge in [0, 0.05) is 26.9 Å². The lowest BCUT2D eigenvalue weighted by atomic mass is 10.00. The fourth-order valence-electron chi connectivity index (χ4n) is 2.37. The summed E-state index contributed by atoms with van der Waals surface area (Å²) in [5.74, 6) is 0.708. The molecular weight excluding hydrogens is 326 g/mol. The molecular formula is C17H17N3O3S. The topological polar surface area (TPSA) is 94.3 Å². The van der Waals surface area contributed by atoms with Crippen molar-refractivity contribution in [3.05, 3.63) is 60.3 Å². The van der Waals surface area contributed by atoms with E-state index in [1.807, 2.05) is 24.3 Å². The quantitative estimate of drug-likeness (QED) is 0.741. The Bertz CT molecular complexity index is 1050. The lowest BCUT2D eigenvalue weighted by Gasteiger charge is -2.09. The van der Waals surface area contributed by atoms with Gasteiger partial charge < -0.3 is 4.74 Å². The molecule has 0 atom stereocenters. The molecule has 124 valence electrons. The molecule has 0 aliphatic carbocycles. The lowest BCUT2D eigenvalue weighted by molar-refractivity contribution is 0.415. The van der Waals surface area contributed by atoms with Crippen molar-refractivity contribution in [2.45, 2.75) is 6.50 Å². The summed E-state index contributed by atoms with van der Waals surface area (Å²) in [5.41, 5.74) is 2.69. The van der Waals surface area contributed by atoms with E-state index in [0.717, 1.165) is 22.0 Å². The second-order valence-corrected chi connectivity index (χ2v) is 6.39. The molecule has 7 heteroatoms. The van der Waals surface area contributed by atoms with E-state index in [4.69, 9.17) is 12.6 Å². The maximum absolute atomic E-state index is 11.1. The highest BCUT2D eigenvalue weighted by Gasteiger charge is 2.07. The van der Waals surface area contributed by atoms with Gasteiger partial charge in [-0.3, -0.25) is 4.98 Å². The van der Waals surface area contributed by atoms with E-state index in [2.05, 4.69) is 4.98 Å². The molecule has 3 N–H and O–H groups in total. The number of benzene rings is 2. The van der Waals surface area contributed by atoms with E-state index in [0.29, 0.717) is 5.75 Å². The Morgan fingerprint density at radius 2 is 1.96 bits per heavy atom. The van der Waals surface area contributed by atoms with Crippen molar-refractivity contribution in [3.8, 4) is 16.9 Å². The molecule has 0 amide bonds. The van der Waals surface area contributed by atoms with E-state index < -0.39 is 16.7 Å². The highest BCUT2D eigenvalue weighted by atomic mass is 32.2. The van der Waals surface area contributed by atoms with Gasteiger partial charge in [0.15, 0.2) is 0 Å². The van der Waals surface area contributed by atoms with E-state index in [-0.39, 0.29) is 5.56 Å². The summed E-state index contributed by atoms with van der Waals surface area (Å²) in [6.45, 7) is -2.31. The van der Waals surface area contributed by atoms with Crippen LogP contribution in [0.3, 0.4) is 0 Å². The summed E-state index contributed by atoms with van der Waals surface area (Å²) < 4.78 is 44.9. The summed E-state index contributed by atoms with van der Waals surface area (Å²) in [5, 5.41) is 5.79. The normalized spacial score (nSPS) is 13.4. The Morgan fingerprint density at radius 1 is 1.21 bits per heavy atom. The number of nitrogens with zero attached hydrogens (tertiary/aromatic N) is 1. The van der Waals surface area contributed by atoms with E-state index >= 15 is 0 Å². The van der Waals surface area contributed by atoms with Gasteiger partial charge in [-0.05, 0) is 34.9 Å². The average molecular weight is 345 g/mol. The van der Waals surface area contributed by atoms with E-state index in [9.17, 15) is 8.42 Å². The van der Waals surface area contributed by atoms with Crippen LogP contribution >= 0.6 is 0 Å². The summed E-state index contributed by atoms with van der Waals surface area (Å²) in [7, 11) is -2.58. The highest BCUT2D eigenvalue weighted by molar-refractivity contribution is 7.87. The third-order valence-electron chi connectivity index (χ3n) is 3.48. The predicted octanol–water partition coefficient (Wildman–Crippen LogP) is 2.20. The number of ether oxygens (including phenoxy) is 1. The molecule has 0 spiro atoms. The first-order valence-corrected chi connectivity index (χ1v) is 8.60. The van der Waals surface area contributed by atoms with Gasteiger partial charge in [-0.1, -0.05) is 24.3 Å². The minimum atomic E-state index is -4.17. The smallest absolute Gasteiger partial charge is 0.274 e. The van der Waals surface area contributed by atoms with Crippen molar-refractivity contribution in [2.75, 3.05) is 7.11 Å². The van der Waals surface area contributed by atoms with Crippen LogP contribution in [0, 0.1) is 0 Å². The van der Waals surface area contributed by atoms with Crippen molar-refractivity contribution >= 4 is 21.1 Å². The summed E-state index contributed by atoms with van der Waals surface area (Å²) in [6, 6.07) is 13.9. The SMILES string of the molecule is [2H]C([2H])(NS(N)(=O)=O)c1ccc(-c2ccnc3cc(OC)ccc23)cc1. The monoisotopic (exact) mass is 345 g/mol. The second-order valence-electron chi connectivity index (χ2n) is 5.09. The van der Waals surface area contributed by atoms with Crippen LogP contribution in [-0.4, -0.2) is 20.5 Å². The minimum absolute atomic E-state index is 0.148. The molecule has 6 nitrogen and oxygen atoms in total. The van der Waals surface area contributed by atoms with Crippen LogP contribution in [0.5, 0.6) is 5.75 Å². The number of hydrogen-bond donors (Lipinski definition) is 2. The minimum Gasteiger partial charge on any atom is -0.497 e. The Balaban J connectivity index is 2.00.